The largest absolute Gasteiger partial charge is 0.351 e. The minimum absolute atomic E-state index is 0.00793. The van der Waals surface area contributed by atoms with Crippen molar-refractivity contribution in [1.82, 2.24) is 20.0 Å². The first-order valence-electron chi connectivity index (χ1n) is 9.11. The molecule has 0 N–H and O–H groups in total. The quantitative estimate of drug-likeness (QED) is 0.699. The number of carbonyl (C=O) groups is 1. The average Bonchev–Trinajstić information content (AvgIpc) is 3.37. The van der Waals surface area contributed by atoms with E-state index in [9.17, 15) is 4.79 Å². The molecule has 3 aromatic rings. The van der Waals surface area contributed by atoms with Crippen LogP contribution < -0.4 is 4.90 Å². The molecule has 1 aromatic carbocycles. The second-order valence-corrected chi connectivity index (χ2v) is 7.10. The van der Waals surface area contributed by atoms with Gasteiger partial charge < -0.3 is 14.3 Å². The van der Waals surface area contributed by atoms with E-state index < -0.39 is 0 Å². The predicted octanol–water partition coefficient (Wildman–Crippen LogP) is 2.79. The molecule has 2 aliphatic rings. The Labute approximate surface area is 156 Å². The van der Waals surface area contributed by atoms with Crippen LogP contribution in [0.3, 0.4) is 0 Å². The number of para-hydroxylation sites is 1. The van der Waals surface area contributed by atoms with Gasteiger partial charge in [0.25, 0.3) is 5.91 Å². The number of likely N-dealkylation sites (tertiary alicyclic amines) is 1. The van der Waals surface area contributed by atoms with Crippen LogP contribution in [0, 0.1) is 0 Å². The van der Waals surface area contributed by atoms with Crippen LogP contribution in [0.4, 0.5) is 11.6 Å². The summed E-state index contributed by atoms with van der Waals surface area (Å²) in [7, 11) is 0. The number of anilines is 2. The first-order valence-corrected chi connectivity index (χ1v) is 9.11. The molecule has 7 nitrogen and oxygen atoms in total. The summed E-state index contributed by atoms with van der Waals surface area (Å²) in [5.74, 6) is 0.941. The van der Waals surface area contributed by atoms with E-state index in [-0.39, 0.29) is 11.3 Å². The Balaban J connectivity index is 1.42. The molecule has 1 amide bonds. The smallest absolute Gasteiger partial charge is 0.292 e. The number of fused-ring (bicyclic) bond motifs is 2. The van der Waals surface area contributed by atoms with Gasteiger partial charge in [0.05, 0.1) is 6.20 Å². The standard InChI is InChI=1S/C20H19N5O2/c26-18(17-6-11-23-27-17)24-12-7-20(8-13-24)14-25(19-21-9-3-10-22-19)16-5-2-1-4-15(16)20/h1-6,9-11H,7-8,12-14H2. The van der Waals surface area contributed by atoms with Crippen molar-refractivity contribution in [2.24, 2.45) is 0 Å². The fourth-order valence-electron chi connectivity index (χ4n) is 4.29. The lowest BCUT2D eigenvalue weighted by Crippen LogP contribution is -2.46. The number of amides is 1. The van der Waals surface area contributed by atoms with Crippen LogP contribution in [-0.4, -0.2) is 45.6 Å². The fraction of sp³-hybridized carbons (Fsp3) is 0.300. The van der Waals surface area contributed by atoms with E-state index >= 15 is 0 Å². The van der Waals surface area contributed by atoms with E-state index in [0.717, 1.165) is 25.3 Å². The number of aromatic nitrogens is 3. The number of rotatable bonds is 2. The van der Waals surface area contributed by atoms with Crippen LogP contribution in [0.15, 0.2) is 59.5 Å². The summed E-state index contributed by atoms with van der Waals surface area (Å²) in [6.07, 6.45) is 6.84. The number of hydrogen-bond acceptors (Lipinski definition) is 6. The van der Waals surface area contributed by atoms with Gasteiger partial charge in [-0.1, -0.05) is 23.4 Å². The van der Waals surface area contributed by atoms with Gasteiger partial charge in [0.15, 0.2) is 0 Å². The second kappa shape index (κ2) is 6.19. The lowest BCUT2D eigenvalue weighted by atomic mass is 9.74. The van der Waals surface area contributed by atoms with Gasteiger partial charge in [-0.25, -0.2) is 9.97 Å². The van der Waals surface area contributed by atoms with Gasteiger partial charge in [0.2, 0.25) is 11.7 Å². The Morgan fingerprint density at radius 2 is 1.78 bits per heavy atom. The number of benzene rings is 1. The fourth-order valence-corrected chi connectivity index (χ4v) is 4.29. The van der Waals surface area contributed by atoms with Crippen LogP contribution in [0.25, 0.3) is 0 Å². The van der Waals surface area contributed by atoms with Crippen molar-refractivity contribution in [3.63, 3.8) is 0 Å². The van der Waals surface area contributed by atoms with Crippen molar-refractivity contribution in [3.8, 4) is 0 Å². The lowest BCUT2D eigenvalue weighted by Gasteiger charge is -2.39. The third-order valence-corrected chi connectivity index (χ3v) is 5.68. The molecule has 136 valence electrons. The Hall–Kier alpha value is -3.22. The van der Waals surface area contributed by atoms with Gasteiger partial charge in [-0.15, -0.1) is 0 Å². The van der Waals surface area contributed by atoms with E-state index in [1.165, 1.54) is 17.4 Å². The van der Waals surface area contributed by atoms with Crippen molar-refractivity contribution in [1.29, 1.82) is 0 Å². The highest BCUT2D eigenvalue weighted by molar-refractivity contribution is 5.91. The number of nitrogens with zero attached hydrogens (tertiary/aromatic N) is 5. The summed E-state index contributed by atoms with van der Waals surface area (Å²) in [6.45, 7) is 2.22. The molecule has 0 atom stereocenters. The lowest BCUT2D eigenvalue weighted by molar-refractivity contribution is 0.0633. The minimum atomic E-state index is -0.0862. The molecule has 0 unspecified atom stereocenters. The third kappa shape index (κ3) is 2.58. The Bertz CT molecular complexity index is 950. The molecule has 1 saturated heterocycles. The normalized spacial score (nSPS) is 17.9. The third-order valence-electron chi connectivity index (χ3n) is 5.68. The van der Waals surface area contributed by atoms with Gasteiger partial charge in [0, 0.05) is 49.2 Å². The van der Waals surface area contributed by atoms with Gasteiger partial charge in [0.1, 0.15) is 0 Å². The second-order valence-electron chi connectivity index (χ2n) is 7.10. The van der Waals surface area contributed by atoms with E-state index in [1.807, 2.05) is 11.0 Å². The molecule has 0 radical (unpaired) electrons. The maximum absolute atomic E-state index is 12.6. The topological polar surface area (TPSA) is 75.4 Å². The van der Waals surface area contributed by atoms with E-state index in [0.29, 0.717) is 18.8 Å². The van der Waals surface area contributed by atoms with Crippen LogP contribution >= 0.6 is 0 Å². The Morgan fingerprint density at radius 1 is 1.00 bits per heavy atom. The molecule has 4 heterocycles. The highest BCUT2D eigenvalue weighted by atomic mass is 16.5. The molecular formula is C20H19N5O2. The van der Waals surface area contributed by atoms with Gasteiger partial charge in [-0.05, 0) is 30.5 Å². The maximum Gasteiger partial charge on any atom is 0.292 e. The molecule has 0 saturated carbocycles. The van der Waals surface area contributed by atoms with Crippen molar-refractivity contribution < 1.29 is 9.32 Å². The SMILES string of the molecule is O=C(c1ccno1)N1CCC2(CC1)CN(c1ncccn1)c1ccccc12. The first-order chi connectivity index (χ1) is 13.3. The van der Waals surface area contributed by atoms with Crippen molar-refractivity contribution >= 4 is 17.5 Å². The van der Waals surface area contributed by atoms with Crippen LogP contribution in [0.5, 0.6) is 0 Å². The number of hydrogen-bond donors (Lipinski definition) is 0. The zero-order valence-corrected chi connectivity index (χ0v) is 14.8. The summed E-state index contributed by atoms with van der Waals surface area (Å²) in [6, 6.07) is 11.9. The molecule has 1 spiro atoms. The summed E-state index contributed by atoms with van der Waals surface area (Å²) < 4.78 is 5.03. The summed E-state index contributed by atoms with van der Waals surface area (Å²) in [5.41, 5.74) is 2.50. The monoisotopic (exact) mass is 361 g/mol. The minimum Gasteiger partial charge on any atom is -0.351 e. The van der Waals surface area contributed by atoms with Gasteiger partial charge >= 0.3 is 0 Å². The van der Waals surface area contributed by atoms with Crippen LogP contribution in [0.2, 0.25) is 0 Å². The molecule has 5 rings (SSSR count). The highest BCUT2D eigenvalue weighted by Crippen LogP contribution is 2.48. The number of carbonyl (C=O) groups excluding carboxylic acids is 1. The van der Waals surface area contributed by atoms with Crippen LogP contribution in [0.1, 0.15) is 29.0 Å². The zero-order valence-electron chi connectivity index (χ0n) is 14.8. The Morgan fingerprint density at radius 3 is 2.52 bits per heavy atom. The van der Waals surface area contributed by atoms with Gasteiger partial charge in [-0.2, -0.15) is 0 Å². The number of piperidine rings is 1. The molecular weight excluding hydrogens is 342 g/mol. The van der Waals surface area contributed by atoms with Gasteiger partial charge in [-0.3, -0.25) is 4.79 Å². The van der Waals surface area contributed by atoms with E-state index in [1.54, 1.807) is 18.5 Å². The average molecular weight is 361 g/mol. The van der Waals surface area contributed by atoms with E-state index in [4.69, 9.17) is 4.52 Å². The molecule has 0 bridgehead atoms. The molecule has 1 fully saturated rings. The Kier molecular flexibility index (Phi) is 3.67. The maximum atomic E-state index is 12.6. The van der Waals surface area contributed by atoms with Crippen molar-refractivity contribution in [2.45, 2.75) is 18.3 Å². The molecule has 27 heavy (non-hydrogen) atoms. The zero-order chi connectivity index (χ0) is 18.3. The summed E-state index contributed by atoms with van der Waals surface area (Å²) in [4.78, 5) is 25.5. The first kappa shape index (κ1) is 16.0. The van der Waals surface area contributed by atoms with Crippen molar-refractivity contribution in [3.05, 3.63) is 66.3 Å². The predicted molar refractivity (Wildman–Crippen MR) is 98.8 cm³/mol. The summed E-state index contributed by atoms with van der Waals surface area (Å²) in [5, 5.41) is 3.64. The highest BCUT2D eigenvalue weighted by Gasteiger charge is 2.46. The van der Waals surface area contributed by atoms with Crippen LogP contribution in [-0.2, 0) is 5.41 Å². The molecule has 0 aliphatic carbocycles. The van der Waals surface area contributed by atoms with E-state index in [2.05, 4.69) is 44.3 Å². The molecule has 2 aromatic heterocycles. The summed E-state index contributed by atoms with van der Waals surface area (Å²) >= 11 is 0. The molecule has 2 aliphatic heterocycles. The van der Waals surface area contributed by atoms with Crippen molar-refractivity contribution in [2.75, 3.05) is 24.5 Å². The molecule has 7 heteroatoms.